The van der Waals surface area contributed by atoms with E-state index < -0.39 is 0 Å². The highest BCUT2D eigenvalue weighted by molar-refractivity contribution is 5.89. The van der Waals surface area contributed by atoms with Gasteiger partial charge in [-0.2, -0.15) is 0 Å². The van der Waals surface area contributed by atoms with Crippen LogP contribution in [0, 0.1) is 6.92 Å². The number of esters is 1. The van der Waals surface area contributed by atoms with Crippen molar-refractivity contribution in [1.82, 2.24) is 4.98 Å². The predicted octanol–water partition coefficient (Wildman–Crippen LogP) is 4.02. The molecule has 3 rings (SSSR count). The standard InChI is InChI=1S/C20H19NO5/c1-13-18(12-25-15-10-8-14(9-11-15)20(22)24-3)26-19(21-13)16-6-4-5-7-17(16)23-2/h4-11H,12H2,1-3H3. The first-order chi connectivity index (χ1) is 12.6. The van der Waals surface area contributed by atoms with Gasteiger partial charge in [0.05, 0.1) is 31.0 Å². The van der Waals surface area contributed by atoms with Crippen molar-refractivity contribution in [3.63, 3.8) is 0 Å². The summed E-state index contributed by atoms with van der Waals surface area (Å²) >= 11 is 0. The molecular weight excluding hydrogens is 334 g/mol. The minimum Gasteiger partial charge on any atom is -0.496 e. The molecule has 0 radical (unpaired) electrons. The summed E-state index contributed by atoms with van der Waals surface area (Å²) in [6, 6.07) is 14.2. The van der Waals surface area contributed by atoms with Crippen LogP contribution in [0.15, 0.2) is 52.9 Å². The molecule has 0 bridgehead atoms. The summed E-state index contributed by atoms with van der Waals surface area (Å²) in [7, 11) is 2.95. The third-order valence-corrected chi connectivity index (χ3v) is 3.88. The van der Waals surface area contributed by atoms with Gasteiger partial charge in [-0.25, -0.2) is 9.78 Å². The van der Waals surface area contributed by atoms with Crippen molar-refractivity contribution < 1.29 is 23.4 Å². The van der Waals surface area contributed by atoms with Gasteiger partial charge >= 0.3 is 5.97 Å². The number of aromatic nitrogens is 1. The first-order valence-electron chi connectivity index (χ1n) is 8.03. The highest BCUT2D eigenvalue weighted by Gasteiger charge is 2.15. The van der Waals surface area contributed by atoms with Crippen LogP contribution in [-0.4, -0.2) is 25.2 Å². The van der Waals surface area contributed by atoms with Gasteiger partial charge in [0.1, 0.15) is 18.1 Å². The van der Waals surface area contributed by atoms with Gasteiger partial charge in [0, 0.05) is 0 Å². The fourth-order valence-corrected chi connectivity index (χ4v) is 2.45. The summed E-state index contributed by atoms with van der Waals surface area (Å²) < 4.78 is 21.6. The normalized spacial score (nSPS) is 10.4. The maximum absolute atomic E-state index is 11.4. The Labute approximate surface area is 151 Å². The van der Waals surface area contributed by atoms with E-state index in [4.69, 9.17) is 13.9 Å². The van der Waals surface area contributed by atoms with E-state index in [2.05, 4.69) is 9.72 Å². The summed E-state index contributed by atoms with van der Waals surface area (Å²) in [5.41, 5.74) is 2.00. The summed E-state index contributed by atoms with van der Waals surface area (Å²) in [4.78, 5) is 15.9. The molecule has 0 fully saturated rings. The maximum Gasteiger partial charge on any atom is 0.337 e. The van der Waals surface area contributed by atoms with E-state index in [1.54, 1.807) is 31.4 Å². The number of carbonyl (C=O) groups is 1. The van der Waals surface area contributed by atoms with Crippen LogP contribution in [0.4, 0.5) is 0 Å². The van der Waals surface area contributed by atoms with Crippen molar-refractivity contribution in [2.24, 2.45) is 0 Å². The number of benzene rings is 2. The van der Waals surface area contributed by atoms with E-state index in [1.807, 2.05) is 31.2 Å². The first-order valence-corrected chi connectivity index (χ1v) is 8.03. The number of rotatable bonds is 6. The maximum atomic E-state index is 11.4. The zero-order valence-electron chi connectivity index (χ0n) is 14.8. The van der Waals surface area contributed by atoms with Gasteiger partial charge in [-0.05, 0) is 43.3 Å². The zero-order chi connectivity index (χ0) is 18.5. The molecule has 0 N–H and O–H groups in total. The quantitative estimate of drug-likeness (QED) is 0.623. The summed E-state index contributed by atoms with van der Waals surface area (Å²) in [5.74, 6) is 2.04. The van der Waals surface area contributed by atoms with Crippen LogP contribution in [0.5, 0.6) is 11.5 Å². The number of para-hydroxylation sites is 1. The van der Waals surface area contributed by atoms with Crippen LogP contribution in [0.2, 0.25) is 0 Å². The summed E-state index contributed by atoms with van der Waals surface area (Å²) in [6.45, 7) is 2.09. The molecule has 0 aliphatic carbocycles. The van der Waals surface area contributed by atoms with E-state index in [1.165, 1.54) is 7.11 Å². The van der Waals surface area contributed by atoms with Crippen LogP contribution in [0.1, 0.15) is 21.8 Å². The second-order valence-corrected chi connectivity index (χ2v) is 5.53. The van der Waals surface area contributed by atoms with Gasteiger partial charge in [-0.3, -0.25) is 0 Å². The molecule has 0 unspecified atom stereocenters. The Kier molecular flexibility index (Phi) is 5.22. The van der Waals surface area contributed by atoms with Gasteiger partial charge in [0.25, 0.3) is 0 Å². The minimum atomic E-state index is -0.385. The molecule has 0 saturated heterocycles. The Balaban J connectivity index is 1.73. The number of nitrogens with zero attached hydrogens (tertiary/aromatic N) is 1. The lowest BCUT2D eigenvalue weighted by atomic mass is 10.2. The molecule has 3 aromatic rings. The smallest absolute Gasteiger partial charge is 0.337 e. The molecule has 0 spiro atoms. The number of oxazole rings is 1. The van der Waals surface area contributed by atoms with Crippen molar-refractivity contribution in [2.45, 2.75) is 13.5 Å². The van der Waals surface area contributed by atoms with Crippen molar-refractivity contribution in [1.29, 1.82) is 0 Å². The Morgan fingerprint density at radius 2 is 1.81 bits per heavy atom. The minimum absolute atomic E-state index is 0.228. The molecule has 1 heterocycles. The molecule has 0 amide bonds. The van der Waals surface area contributed by atoms with Gasteiger partial charge in [-0.1, -0.05) is 12.1 Å². The lowest BCUT2D eigenvalue weighted by Gasteiger charge is -2.06. The van der Waals surface area contributed by atoms with Crippen LogP contribution < -0.4 is 9.47 Å². The number of ether oxygens (including phenoxy) is 3. The number of carbonyl (C=O) groups excluding carboxylic acids is 1. The monoisotopic (exact) mass is 353 g/mol. The third-order valence-electron chi connectivity index (χ3n) is 3.88. The molecule has 0 aliphatic rings. The molecule has 0 atom stereocenters. The highest BCUT2D eigenvalue weighted by Crippen LogP contribution is 2.30. The first kappa shape index (κ1) is 17.5. The molecule has 6 nitrogen and oxygen atoms in total. The van der Waals surface area contributed by atoms with Gasteiger partial charge in [0.2, 0.25) is 5.89 Å². The molecule has 134 valence electrons. The lowest BCUT2D eigenvalue weighted by Crippen LogP contribution is -2.01. The van der Waals surface area contributed by atoms with Gasteiger partial charge < -0.3 is 18.6 Å². The Morgan fingerprint density at radius 1 is 1.08 bits per heavy atom. The molecule has 26 heavy (non-hydrogen) atoms. The molecular formula is C20H19NO5. The average Bonchev–Trinajstić information content (AvgIpc) is 3.06. The number of hydrogen-bond acceptors (Lipinski definition) is 6. The van der Waals surface area contributed by atoms with E-state index in [9.17, 15) is 4.79 Å². The Bertz CT molecular complexity index is 899. The van der Waals surface area contributed by atoms with Gasteiger partial charge in [0.15, 0.2) is 5.76 Å². The van der Waals surface area contributed by atoms with Crippen molar-refractivity contribution in [2.75, 3.05) is 14.2 Å². The predicted molar refractivity (Wildman–Crippen MR) is 95.3 cm³/mol. The summed E-state index contributed by atoms with van der Waals surface area (Å²) in [6.07, 6.45) is 0. The molecule has 0 saturated carbocycles. The second kappa shape index (κ2) is 7.74. The van der Waals surface area contributed by atoms with E-state index in [-0.39, 0.29) is 12.6 Å². The van der Waals surface area contributed by atoms with Gasteiger partial charge in [-0.15, -0.1) is 0 Å². The van der Waals surface area contributed by atoms with E-state index in [0.29, 0.717) is 28.7 Å². The van der Waals surface area contributed by atoms with Crippen molar-refractivity contribution in [3.05, 3.63) is 65.5 Å². The number of methoxy groups -OCH3 is 2. The van der Waals surface area contributed by atoms with Crippen LogP contribution in [0.25, 0.3) is 11.5 Å². The Morgan fingerprint density at radius 3 is 2.50 bits per heavy atom. The fourth-order valence-electron chi connectivity index (χ4n) is 2.45. The number of aryl methyl sites for hydroxylation is 1. The van der Waals surface area contributed by atoms with Crippen molar-refractivity contribution in [3.8, 4) is 23.0 Å². The molecule has 2 aromatic carbocycles. The second-order valence-electron chi connectivity index (χ2n) is 5.53. The summed E-state index contributed by atoms with van der Waals surface area (Å²) in [5, 5.41) is 0. The molecule has 1 aromatic heterocycles. The van der Waals surface area contributed by atoms with E-state index in [0.717, 1.165) is 11.3 Å². The number of hydrogen-bond donors (Lipinski definition) is 0. The van der Waals surface area contributed by atoms with E-state index >= 15 is 0 Å². The largest absolute Gasteiger partial charge is 0.496 e. The fraction of sp³-hybridized carbons (Fsp3) is 0.200. The van der Waals surface area contributed by atoms with Crippen LogP contribution in [0.3, 0.4) is 0 Å². The Hall–Kier alpha value is -3.28. The molecule has 0 aliphatic heterocycles. The highest BCUT2D eigenvalue weighted by atomic mass is 16.5. The topological polar surface area (TPSA) is 70.8 Å². The van der Waals surface area contributed by atoms with Crippen LogP contribution >= 0.6 is 0 Å². The average molecular weight is 353 g/mol. The van der Waals surface area contributed by atoms with Crippen LogP contribution in [-0.2, 0) is 11.3 Å². The molecule has 6 heteroatoms. The van der Waals surface area contributed by atoms with Crippen molar-refractivity contribution >= 4 is 5.97 Å². The SMILES string of the molecule is COC(=O)c1ccc(OCc2oc(-c3ccccc3OC)nc2C)cc1. The zero-order valence-corrected chi connectivity index (χ0v) is 14.8. The third kappa shape index (κ3) is 3.69. The lowest BCUT2D eigenvalue weighted by molar-refractivity contribution is 0.0600.